The van der Waals surface area contributed by atoms with Crippen molar-refractivity contribution in [1.29, 1.82) is 0 Å². The Balaban J connectivity index is 1.91. The van der Waals surface area contributed by atoms with E-state index in [0.29, 0.717) is 30.3 Å². The van der Waals surface area contributed by atoms with Crippen LogP contribution in [0.4, 0.5) is 11.4 Å². The minimum atomic E-state index is -3.74. The van der Waals surface area contributed by atoms with E-state index in [0.717, 1.165) is 32.1 Å². The van der Waals surface area contributed by atoms with Crippen molar-refractivity contribution >= 4 is 48.9 Å². The zero-order valence-electron chi connectivity index (χ0n) is 18.5. The lowest BCUT2D eigenvalue weighted by Crippen LogP contribution is -2.46. The molecule has 1 amide bonds. The largest absolute Gasteiger partial charge is 0.494 e. The average Bonchev–Trinajstić information content (AvgIpc) is 3.06. The molecule has 32 heavy (non-hydrogen) atoms. The number of anilines is 2. The minimum absolute atomic E-state index is 0.0591. The maximum atomic E-state index is 13.1. The minimum Gasteiger partial charge on any atom is -0.494 e. The molecule has 0 fully saturated rings. The van der Waals surface area contributed by atoms with Gasteiger partial charge >= 0.3 is 4.87 Å². The zero-order chi connectivity index (χ0) is 23.5. The van der Waals surface area contributed by atoms with Crippen LogP contribution in [-0.4, -0.2) is 37.8 Å². The van der Waals surface area contributed by atoms with Crippen LogP contribution < -0.4 is 19.2 Å². The Morgan fingerprint density at radius 3 is 2.41 bits per heavy atom. The van der Waals surface area contributed by atoms with Gasteiger partial charge in [0.05, 0.1) is 28.8 Å². The molecule has 0 saturated heterocycles. The third kappa shape index (κ3) is 4.97. The molecule has 0 unspecified atom stereocenters. The second kappa shape index (κ2) is 9.74. The summed E-state index contributed by atoms with van der Waals surface area (Å²) in [4.78, 5) is 25.2. The first-order valence-electron chi connectivity index (χ1n) is 10.4. The number of thiazole rings is 1. The predicted molar refractivity (Wildman–Crippen MR) is 129 cm³/mol. The van der Waals surface area contributed by atoms with E-state index in [-0.39, 0.29) is 11.3 Å². The summed E-state index contributed by atoms with van der Waals surface area (Å²) >= 11 is 1.11. The highest BCUT2D eigenvalue weighted by molar-refractivity contribution is 7.92. The van der Waals surface area contributed by atoms with E-state index < -0.39 is 22.0 Å². The van der Waals surface area contributed by atoms with Crippen LogP contribution in [0.25, 0.3) is 10.2 Å². The highest BCUT2D eigenvalue weighted by atomic mass is 32.2. The number of amides is 1. The van der Waals surface area contributed by atoms with Crippen LogP contribution in [0.1, 0.15) is 27.2 Å². The summed E-state index contributed by atoms with van der Waals surface area (Å²) in [5.41, 5.74) is 1.69. The number of hydrogen-bond acceptors (Lipinski definition) is 6. The van der Waals surface area contributed by atoms with E-state index in [4.69, 9.17) is 4.74 Å². The quantitative estimate of drug-likeness (QED) is 0.507. The Bertz CT molecular complexity index is 1260. The Hall–Kier alpha value is -2.85. The number of aromatic nitrogens is 1. The van der Waals surface area contributed by atoms with Gasteiger partial charge in [-0.15, -0.1) is 0 Å². The lowest BCUT2D eigenvalue weighted by atomic mass is 10.1. The number of benzene rings is 2. The molecule has 8 nitrogen and oxygen atoms in total. The number of hydrogen-bond donors (Lipinski definition) is 1. The first kappa shape index (κ1) is 23.8. The Morgan fingerprint density at radius 2 is 1.84 bits per heavy atom. The summed E-state index contributed by atoms with van der Waals surface area (Å²) < 4.78 is 34.2. The number of carbonyl (C=O) groups is 1. The van der Waals surface area contributed by atoms with E-state index in [1.807, 2.05) is 13.8 Å². The number of ether oxygens (including phenoxy) is 1. The molecule has 2 aromatic carbocycles. The fourth-order valence-electron chi connectivity index (χ4n) is 3.59. The van der Waals surface area contributed by atoms with Crippen molar-refractivity contribution in [2.75, 3.05) is 22.5 Å². The number of nitrogens with zero attached hydrogens (tertiary/aromatic N) is 2. The Morgan fingerprint density at radius 1 is 1.16 bits per heavy atom. The monoisotopic (exact) mass is 477 g/mol. The summed E-state index contributed by atoms with van der Waals surface area (Å²) in [7, 11) is -3.74. The molecular weight excluding hydrogens is 450 g/mol. The van der Waals surface area contributed by atoms with Crippen molar-refractivity contribution in [2.24, 2.45) is 0 Å². The van der Waals surface area contributed by atoms with Gasteiger partial charge in [0.15, 0.2) is 0 Å². The molecule has 1 atom stereocenters. The number of rotatable bonds is 9. The van der Waals surface area contributed by atoms with Gasteiger partial charge in [0.2, 0.25) is 15.9 Å². The molecule has 0 spiro atoms. The highest BCUT2D eigenvalue weighted by Gasteiger charge is 2.31. The summed E-state index contributed by atoms with van der Waals surface area (Å²) in [6.07, 6.45) is 1.35. The lowest BCUT2D eigenvalue weighted by Gasteiger charge is -2.30. The van der Waals surface area contributed by atoms with Gasteiger partial charge in [-0.3, -0.25) is 18.5 Å². The Labute approximate surface area is 191 Å². The fourth-order valence-corrected chi connectivity index (χ4v) is 5.79. The second-order valence-corrected chi connectivity index (χ2v) is 10.0. The molecule has 0 saturated carbocycles. The van der Waals surface area contributed by atoms with Crippen LogP contribution in [0.3, 0.4) is 0 Å². The lowest BCUT2D eigenvalue weighted by molar-refractivity contribution is -0.117. The standard InChI is InChI=1S/C22H27N3O5S2/c1-5-18(25(32(4,28)29)16-9-11-17(12-10-16)30-7-3)21(26)23-15-8-13-19-20(14-15)31-22(27)24(19)6-2/h8-14,18H,5-7H2,1-4H3,(H,23,26)/t18-/m1/s1. The molecule has 1 N–H and O–H groups in total. The Kier molecular flexibility index (Phi) is 7.25. The number of fused-ring (bicyclic) bond motifs is 1. The van der Waals surface area contributed by atoms with Gasteiger partial charge in [0.25, 0.3) is 0 Å². The molecule has 1 heterocycles. The van der Waals surface area contributed by atoms with E-state index in [1.165, 1.54) is 0 Å². The van der Waals surface area contributed by atoms with Crippen LogP contribution in [0.5, 0.6) is 5.75 Å². The molecular formula is C22H27N3O5S2. The molecule has 172 valence electrons. The summed E-state index contributed by atoms with van der Waals surface area (Å²) in [5, 5.41) is 2.81. The van der Waals surface area contributed by atoms with Gasteiger partial charge in [0, 0.05) is 12.2 Å². The van der Waals surface area contributed by atoms with E-state index in [1.54, 1.807) is 54.0 Å². The maximum Gasteiger partial charge on any atom is 0.308 e. The molecule has 0 aliphatic carbocycles. The van der Waals surface area contributed by atoms with Crippen LogP contribution in [0.15, 0.2) is 47.3 Å². The number of nitrogens with one attached hydrogen (secondary N) is 1. The van der Waals surface area contributed by atoms with Crippen molar-refractivity contribution in [3.05, 3.63) is 52.1 Å². The first-order chi connectivity index (χ1) is 15.2. The zero-order valence-corrected chi connectivity index (χ0v) is 20.1. The normalized spacial score (nSPS) is 12.5. The molecule has 0 bridgehead atoms. The number of sulfonamides is 1. The molecule has 0 radical (unpaired) electrons. The van der Waals surface area contributed by atoms with Crippen molar-refractivity contribution in [2.45, 2.75) is 39.8 Å². The van der Waals surface area contributed by atoms with Crippen LogP contribution in [-0.2, 0) is 21.4 Å². The SMILES string of the molecule is CCOc1ccc(N([C@H](CC)C(=O)Nc2ccc3c(c2)sc(=O)n3CC)S(C)(=O)=O)cc1. The van der Waals surface area contributed by atoms with Gasteiger partial charge in [0.1, 0.15) is 11.8 Å². The summed E-state index contributed by atoms with van der Waals surface area (Å²) in [6.45, 7) is 6.58. The summed E-state index contributed by atoms with van der Waals surface area (Å²) in [6, 6.07) is 10.9. The van der Waals surface area contributed by atoms with Crippen LogP contribution >= 0.6 is 11.3 Å². The molecule has 0 aliphatic heterocycles. The second-order valence-electron chi connectivity index (χ2n) is 7.19. The third-order valence-electron chi connectivity index (χ3n) is 4.98. The van der Waals surface area contributed by atoms with Gasteiger partial charge in [-0.1, -0.05) is 18.3 Å². The van der Waals surface area contributed by atoms with Crippen LogP contribution in [0, 0.1) is 0 Å². The molecule has 3 aromatic rings. The van der Waals surface area contributed by atoms with Gasteiger partial charge in [-0.05, 0) is 62.7 Å². The van der Waals surface area contributed by atoms with Crippen LogP contribution in [0.2, 0.25) is 0 Å². The van der Waals surface area contributed by atoms with Crippen molar-refractivity contribution in [1.82, 2.24) is 4.57 Å². The summed E-state index contributed by atoms with van der Waals surface area (Å²) in [5.74, 6) is 0.168. The van der Waals surface area contributed by atoms with Gasteiger partial charge in [-0.25, -0.2) is 8.42 Å². The predicted octanol–water partition coefficient (Wildman–Crippen LogP) is 3.66. The topological polar surface area (TPSA) is 97.7 Å². The molecule has 3 rings (SSSR count). The van der Waals surface area contributed by atoms with Crippen molar-refractivity contribution in [3.63, 3.8) is 0 Å². The fraction of sp³-hybridized carbons (Fsp3) is 0.364. The van der Waals surface area contributed by atoms with Crippen molar-refractivity contribution < 1.29 is 17.9 Å². The molecule has 10 heteroatoms. The first-order valence-corrected chi connectivity index (χ1v) is 13.0. The average molecular weight is 478 g/mol. The highest BCUT2D eigenvalue weighted by Crippen LogP contribution is 2.27. The van der Waals surface area contributed by atoms with E-state index >= 15 is 0 Å². The van der Waals surface area contributed by atoms with E-state index in [2.05, 4.69) is 5.32 Å². The third-order valence-corrected chi connectivity index (χ3v) is 7.11. The van der Waals surface area contributed by atoms with Gasteiger partial charge < -0.3 is 10.1 Å². The smallest absolute Gasteiger partial charge is 0.308 e. The van der Waals surface area contributed by atoms with E-state index in [9.17, 15) is 18.0 Å². The number of carbonyl (C=O) groups excluding carboxylic acids is 1. The maximum absolute atomic E-state index is 13.1. The molecule has 0 aliphatic rings. The number of aryl methyl sites for hydroxylation is 1. The van der Waals surface area contributed by atoms with Gasteiger partial charge in [-0.2, -0.15) is 0 Å². The van der Waals surface area contributed by atoms with Crippen molar-refractivity contribution in [3.8, 4) is 5.75 Å². The molecule has 1 aromatic heterocycles.